The van der Waals surface area contributed by atoms with E-state index >= 15 is 0 Å². The van der Waals surface area contributed by atoms with E-state index in [-0.39, 0.29) is 5.60 Å². The van der Waals surface area contributed by atoms with E-state index in [0.717, 1.165) is 25.3 Å². The lowest BCUT2D eigenvalue weighted by molar-refractivity contribution is -0.0141. The fourth-order valence-corrected chi connectivity index (χ4v) is 2.68. The first-order valence-electron chi connectivity index (χ1n) is 6.62. The number of rotatable bonds is 6. The van der Waals surface area contributed by atoms with Crippen molar-refractivity contribution in [2.24, 2.45) is 0 Å². The quantitative estimate of drug-likeness (QED) is 0.862. The molecule has 0 amide bonds. The van der Waals surface area contributed by atoms with Gasteiger partial charge < -0.3 is 10.1 Å². The van der Waals surface area contributed by atoms with Crippen LogP contribution in [-0.2, 0) is 11.2 Å². The fourth-order valence-electron chi connectivity index (χ4n) is 1.67. The van der Waals surface area contributed by atoms with Crippen molar-refractivity contribution in [3.8, 4) is 0 Å². The van der Waals surface area contributed by atoms with Crippen molar-refractivity contribution in [1.82, 2.24) is 10.3 Å². The van der Waals surface area contributed by atoms with E-state index in [9.17, 15) is 0 Å². The van der Waals surface area contributed by atoms with Crippen LogP contribution in [-0.4, -0.2) is 29.8 Å². The minimum atomic E-state index is -0.0810. The molecule has 0 saturated heterocycles. The zero-order valence-corrected chi connectivity index (χ0v) is 13.3. The summed E-state index contributed by atoms with van der Waals surface area (Å²) in [4.78, 5) is 5.92. The Bertz CT molecular complexity index is 349. The molecule has 1 aromatic heterocycles. The van der Waals surface area contributed by atoms with Crippen LogP contribution in [0.5, 0.6) is 0 Å². The topological polar surface area (TPSA) is 34.1 Å². The van der Waals surface area contributed by atoms with Crippen LogP contribution in [0, 0.1) is 13.8 Å². The second-order valence-electron chi connectivity index (χ2n) is 5.63. The monoisotopic (exact) mass is 270 g/mol. The number of hydrogen-bond donors (Lipinski definition) is 1. The van der Waals surface area contributed by atoms with Crippen molar-refractivity contribution in [3.05, 3.63) is 15.6 Å². The first kappa shape index (κ1) is 15.6. The minimum Gasteiger partial charge on any atom is -0.374 e. The minimum absolute atomic E-state index is 0.0810. The average Bonchev–Trinajstić information content (AvgIpc) is 2.54. The highest BCUT2D eigenvalue weighted by molar-refractivity contribution is 7.11. The highest BCUT2D eigenvalue weighted by atomic mass is 32.1. The molecule has 1 heterocycles. The Morgan fingerprint density at radius 2 is 2.00 bits per heavy atom. The normalized spacial score (nSPS) is 13.9. The number of thiazole rings is 1. The van der Waals surface area contributed by atoms with Gasteiger partial charge in [-0.25, -0.2) is 4.98 Å². The summed E-state index contributed by atoms with van der Waals surface area (Å²) in [6.45, 7) is 14.3. The van der Waals surface area contributed by atoms with Crippen molar-refractivity contribution in [2.75, 3.05) is 13.2 Å². The molecule has 0 saturated carbocycles. The molecule has 0 aliphatic heterocycles. The van der Waals surface area contributed by atoms with Gasteiger partial charge in [-0.1, -0.05) is 6.92 Å². The first-order valence-corrected chi connectivity index (χ1v) is 7.43. The van der Waals surface area contributed by atoms with Gasteiger partial charge in [0.05, 0.1) is 22.9 Å². The predicted octanol–water partition coefficient (Wildman–Crippen LogP) is 3.10. The molecule has 0 aliphatic rings. The van der Waals surface area contributed by atoms with Gasteiger partial charge in [0.1, 0.15) is 0 Å². The number of nitrogens with zero attached hydrogens (tertiary/aromatic N) is 1. The van der Waals surface area contributed by atoms with Crippen LogP contribution >= 0.6 is 11.3 Å². The van der Waals surface area contributed by atoms with E-state index < -0.39 is 0 Å². The molecule has 104 valence electrons. The zero-order valence-electron chi connectivity index (χ0n) is 12.5. The lowest BCUT2D eigenvalue weighted by Gasteiger charge is -2.24. The van der Waals surface area contributed by atoms with Crippen molar-refractivity contribution in [1.29, 1.82) is 0 Å². The molecule has 3 nitrogen and oxygen atoms in total. The van der Waals surface area contributed by atoms with E-state index in [4.69, 9.17) is 4.74 Å². The molecule has 1 rings (SSSR count). The first-order chi connectivity index (χ1) is 8.31. The lowest BCUT2D eigenvalue weighted by atomic mass is 10.1. The molecule has 1 aromatic rings. The molecular formula is C14H26N2OS. The second-order valence-corrected chi connectivity index (χ2v) is 6.92. The van der Waals surface area contributed by atoms with Gasteiger partial charge in [-0.2, -0.15) is 0 Å². The number of hydrogen-bond acceptors (Lipinski definition) is 4. The largest absolute Gasteiger partial charge is 0.374 e. The van der Waals surface area contributed by atoms with Gasteiger partial charge >= 0.3 is 0 Å². The third kappa shape index (κ3) is 5.46. The number of aryl methyl sites for hydroxylation is 2. The third-order valence-corrected chi connectivity index (χ3v) is 3.80. The molecule has 0 aliphatic carbocycles. The summed E-state index contributed by atoms with van der Waals surface area (Å²) in [7, 11) is 0. The van der Waals surface area contributed by atoms with Gasteiger partial charge in [-0.15, -0.1) is 11.3 Å². The maximum absolute atomic E-state index is 5.87. The van der Waals surface area contributed by atoms with Crippen molar-refractivity contribution < 1.29 is 4.74 Å². The van der Waals surface area contributed by atoms with E-state index in [1.807, 2.05) is 0 Å². The molecule has 0 radical (unpaired) electrons. The third-order valence-electron chi connectivity index (χ3n) is 2.70. The molecule has 1 N–H and O–H groups in total. The molecule has 4 heteroatoms. The fraction of sp³-hybridized carbons (Fsp3) is 0.786. The van der Waals surface area contributed by atoms with Crippen molar-refractivity contribution in [2.45, 2.75) is 59.6 Å². The van der Waals surface area contributed by atoms with Crippen LogP contribution in [0.15, 0.2) is 0 Å². The van der Waals surface area contributed by atoms with Crippen LogP contribution < -0.4 is 5.32 Å². The molecule has 0 spiro atoms. The summed E-state index contributed by atoms with van der Waals surface area (Å²) in [5.74, 6) is 0. The Hall–Kier alpha value is -0.450. The molecule has 18 heavy (non-hydrogen) atoms. The Balaban J connectivity index is 2.57. The predicted molar refractivity (Wildman–Crippen MR) is 78.5 cm³/mol. The van der Waals surface area contributed by atoms with Crippen molar-refractivity contribution in [3.63, 3.8) is 0 Å². The molecule has 0 aromatic carbocycles. The highest BCUT2D eigenvalue weighted by Crippen LogP contribution is 2.18. The smallest absolute Gasteiger partial charge is 0.0947 e. The summed E-state index contributed by atoms with van der Waals surface area (Å²) in [6.07, 6.45) is 0.948. The van der Waals surface area contributed by atoms with E-state index in [1.54, 1.807) is 11.3 Å². The van der Waals surface area contributed by atoms with Gasteiger partial charge in [0.2, 0.25) is 0 Å². The Morgan fingerprint density at radius 3 is 2.44 bits per heavy atom. The lowest BCUT2D eigenvalue weighted by Crippen LogP contribution is -2.38. The Kier molecular flexibility index (Phi) is 5.76. The van der Waals surface area contributed by atoms with E-state index in [2.05, 4.69) is 51.8 Å². The summed E-state index contributed by atoms with van der Waals surface area (Å²) < 4.78 is 5.87. The molecule has 0 fully saturated rings. The number of ether oxygens (including phenoxy) is 1. The summed E-state index contributed by atoms with van der Waals surface area (Å²) in [5, 5.41) is 4.68. The molecule has 0 bridgehead atoms. The summed E-state index contributed by atoms with van der Waals surface area (Å²) in [6, 6.07) is 0.346. The Morgan fingerprint density at radius 1 is 1.33 bits per heavy atom. The number of aromatic nitrogens is 1. The standard InChI is InChI=1S/C14H26N2OS/c1-7-15-12(9-17-14(4,5)6)8-13-16-10(2)11(3)18-13/h12,15H,7-9H2,1-6H3. The molecule has 1 unspecified atom stereocenters. The van der Waals surface area contributed by atoms with Crippen molar-refractivity contribution >= 4 is 11.3 Å². The Labute approximate surface area is 115 Å². The van der Waals surface area contributed by atoms with Gasteiger partial charge in [0.15, 0.2) is 0 Å². The highest BCUT2D eigenvalue weighted by Gasteiger charge is 2.17. The van der Waals surface area contributed by atoms with Gasteiger partial charge in [-0.3, -0.25) is 0 Å². The van der Waals surface area contributed by atoms with E-state index in [0.29, 0.717) is 6.04 Å². The number of nitrogens with one attached hydrogen (secondary N) is 1. The maximum Gasteiger partial charge on any atom is 0.0947 e. The SMILES string of the molecule is CCNC(COC(C)(C)C)Cc1nc(C)c(C)s1. The van der Waals surface area contributed by atoms with Crippen LogP contribution in [0.3, 0.4) is 0 Å². The van der Waals surface area contributed by atoms with Crippen LogP contribution in [0.4, 0.5) is 0 Å². The van der Waals surface area contributed by atoms with Gasteiger partial charge in [-0.05, 0) is 41.2 Å². The maximum atomic E-state index is 5.87. The number of likely N-dealkylation sites (N-methyl/N-ethyl adjacent to an activating group) is 1. The second kappa shape index (κ2) is 6.64. The van der Waals surface area contributed by atoms with Crippen LogP contribution in [0.2, 0.25) is 0 Å². The van der Waals surface area contributed by atoms with Crippen LogP contribution in [0.25, 0.3) is 0 Å². The van der Waals surface area contributed by atoms with Crippen LogP contribution in [0.1, 0.15) is 43.3 Å². The molecular weight excluding hydrogens is 244 g/mol. The van der Waals surface area contributed by atoms with E-state index in [1.165, 1.54) is 9.88 Å². The zero-order chi connectivity index (χ0) is 13.8. The molecule has 1 atom stereocenters. The summed E-state index contributed by atoms with van der Waals surface area (Å²) >= 11 is 1.80. The van der Waals surface area contributed by atoms with Gasteiger partial charge in [0.25, 0.3) is 0 Å². The summed E-state index contributed by atoms with van der Waals surface area (Å²) in [5.41, 5.74) is 1.07. The average molecular weight is 270 g/mol. The van der Waals surface area contributed by atoms with Gasteiger partial charge in [0, 0.05) is 17.3 Å².